The first-order chi connectivity index (χ1) is 6.75. The molecule has 1 aromatic carbocycles. The first-order valence-electron chi connectivity index (χ1n) is 4.81. The molecule has 0 amide bonds. The molecule has 2 rings (SSSR count). The lowest BCUT2D eigenvalue weighted by atomic mass is 10.1. The molecule has 74 valence electrons. The van der Waals surface area contributed by atoms with Gasteiger partial charge in [-0.2, -0.15) is 0 Å². The molecule has 0 aliphatic carbocycles. The molecule has 0 bridgehead atoms. The second kappa shape index (κ2) is 4.05. The fourth-order valence-electron chi connectivity index (χ4n) is 1.53. The molecule has 0 spiro atoms. The molecule has 14 heavy (non-hydrogen) atoms. The number of thioether (sulfide) groups is 1. The summed E-state index contributed by atoms with van der Waals surface area (Å²) in [6, 6.07) is 8.64. The molecule has 0 atom stereocenters. The van der Waals surface area contributed by atoms with Gasteiger partial charge in [0, 0.05) is 5.75 Å². The standard InChI is InChI=1S/C11H14N2S/c1-9-2-4-10(5-3-9)8-13-6-7-14-11(13)12/h2-5,12H,6-8H2,1H3/p+1. The van der Waals surface area contributed by atoms with E-state index in [1.807, 2.05) is 0 Å². The first kappa shape index (κ1) is 9.59. The van der Waals surface area contributed by atoms with Crippen LogP contribution in [0.25, 0.3) is 0 Å². The molecule has 0 radical (unpaired) electrons. The molecule has 2 N–H and O–H groups in total. The molecule has 2 nitrogen and oxygen atoms in total. The van der Waals surface area contributed by atoms with Crippen LogP contribution >= 0.6 is 11.8 Å². The Morgan fingerprint density at radius 3 is 2.64 bits per heavy atom. The Balaban J connectivity index is 2.11. The third kappa shape index (κ3) is 2.10. The van der Waals surface area contributed by atoms with Gasteiger partial charge in [0.05, 0.1) is 6.54 Å². The zero-order valence-corrected chi connectivity index (χ0v) is 9.18. The molecule has 0 fully saturated rings. The summed E-state index contributed by atoms with van der Waals surface area (Å²) in [6.45, 7) is 4.12. The highest BCUT2D eigenvalue weighted by Crippen LogP contribution is 2.11. The number of nitrogens with two attached hydrogens (primary N) is 1. The monoisotopic (exact) mass is 207 g/mol. The lowest BCUT2D eigenvalue weighted by molar-refractivity contribution is -0.534. The Morgan fingerprint density at radius 2 is 2.07 bits per heavy atom. The summed E-state index contributed by atoms with van der Waals surface area (Å²) in [5.74, 6) is 1.12. The van der Waals surface area contributed by atoms with E-state index in [2.05, 4.69) is 35.8 Å². The van der Waals surface area contributed by atoms with Crippen LogP contribution in [-0.2, 0) is 6.54 Å². The predicted octanol–water partition coefficient (Wildman–Crippen LogP) is 1.57. The molecule has 1 heterocycles. The summed E-state index contributed by atoms with van der Waals surface area (Å²) >= 11 is 1.75. The predicted molar refractivity (Wildman–Crippen MR) is 61.7 cm³/mol. The topological polar surface area (TPSA) is 29.0 Å². The SMILES string of the molecule is Cc1ccc(C[N+]2=C(N)SCC2)cc1. The molecule has 0 unspecified atom stereocenters. The first-order valence-corrected chi connectivity index (χ1v) is 5.80. The lowest BCUT2D eigenvalue weighted by Crippen LogP contribution is -2.20. The molecule has 0 saturated carbocycles. The van der Waals surface area contributed by atoms with Gasteiger partial charge >= 0.3 is 5.17 Å². The Hall–Kier alpha value is -0.960. The smallest absolute Gasteiger partial charge is 0.281 e. The minimum absolute atomic E-state index is 0.944. The third-order valence-electron chi connectivity index (χ3n) is 2.42. The number of aryl methyl sites for hydroxylation is 1. The average molecular weight is 207 g/mol. The lowest BCUT2D eigenvalue weighted by Gasteiger charge is -2.02. The van der Waals surface area contributed by atoms with Crippen molar-refractivity contribution in [2.45, 2.75) is 13.5 Å². The summed E-state index contributed by atoms with van der Waals surface area (Å²) in [7, 11) is 0. The van der Waals surface area contributed by atoms with Gasteiger partial charge in [0.1, 0.15) is 6.54 Å². The minimum Gasteiger partial charge on any atom is -0.281 e. The molecule has 1 aromatic rings. The molecule has 3 heteroatoms. The number of hydrogen-bond donors (Lipinski definition) is 1. The van der Waals surface area contributed by atoms with E-state index >= 15 is 0 Å². The zero-order chi connectivity index (χ0) is 9.97. The van der Waals surface area contributed by atoms with E-state index in [0.717, 1.165) is 24.0 Å². The number of rotatable bonds is 2. The van der Waals surface area contributed by atoms with Gasteiger partial charge in [0.25, 0.3) is 0 Å². The van der Waals surface area contributed by atoms with Crippen LogP contribution in [0.3, 0.4) is 0 Å². The molecular formula is C11H15N2S+. The summed E-state index contributed by atoms with van der Waals surface area (Å²) in [6.07, 6.45) is 0. The summed E-state index contributed by atoms with van der Waals surface area (Å²) in [5.41, 5.74) is 8.50. The Labute approximate surface area is 88.8 Å². The third-order valence-corrected chi connectivity index (χ3v) is 3.36. The summed E-state index contributed by atoms with van der Waals surface area (Å²) in [5, 5.41) is 0.963. The number of amidine groups is 1. The van der Waals surface area contributed by atoms with Crippen molar-refractivity contribution < 1.29 is 4.58 Å². The van der Waals surface area contributed by atoms with E-state index in [1.165, 1.54) is 11.1 Å². The van der Waals surface area contributed by atoms with E-state index in [4.69, 9.17) is 5.73 Å². The zero-order valence-electron chi connectivity index (χ0n) is 8.36. The van der Waals surface area contributed by atoms with Crippen molar-refractivity contribution in [3.63, 3.8) is 0 Å². The Bertz CT molecular complexity index is 354. The van der Waals surface area contributed by atoms with Crippen molar-refractivity contribution in [1.82, 2.24) is 0 Å². The van der Waals surface area contributed by atoms with E-state index in [9.17, 15) is 0 Å². The van der Waals surface area contributed by atoms with Crippen LogP contribution in [0.1, 0.15) is 11.1 Å². The maximum Gasteiger partial charge on any atom is 0.304 e. The number of benzene rings is 1. The molecule has 0 saturated heterocycles. The molecule has 1 aliphatic rings. The van der Waals surface area contributed by atoms with Gasteiger partial charge in [-0.05, 0) is 24.2 Å². The summed E-state index contributed by atoms with van der Waals surface area (Å²) < 4.78 is 2.23. The highest BCUT2D eigenvalue weighted by atomic mass is 32.2. The van der Waals surface area contributed by atoms with Crippen LogP contribution in [-0.4, -0.2) is 22.0 Å². The fourth-order valence-corrected chi connectivity index (χ4v) is 2.39. The van der Waals surface area contributed by atoms with Gasteiger partial charge in [-0.15, -0.1) is 0 Å². The van der Waals surface area contributed by atoms with E-state index in [1.54, 1.807) is 11.8 Å². The maximum absolute atomic E-state index is 5.86. The van der Waals surface area contributed by atoms with Crippen molar-refractivity contribution in [3.05, 3.63) is 35.4 Å². The Kier molecular flexibility index (Phi) is 2.77. The van der Waals surface area contributed by atoms with Crippen LogP contribution in [0.5, 0.6) is 0 Å². The maximum atomic E-state index is 5.86. The normalized spacial score (nSPS) is 16.4. The largest absolute Gasteiger partial charge is 0.304 e. The van der Waals surface area contributed by atoms with Crippen molar-refractivity contribution in [3.8, 4) is 0 Å². The van der Waals surface area contributed by atoms with E-state index < -0.39 is 0 Å². The van der Waals surface area contributed by atoms with Crippen LogP contribution in [0, 0.1) is 6.92 Å². The average Bonchev–Trinajstić information content (AvgIpc) is 2.56. The van der Waals surface area contributed by atoms with Gasteiger partial charge < -0.3 is 0 Å². The van der Waals surface area contributed by atoms with Crippen molar-refractivity contribution in [2.24, 2.45) is 5.73 Å². The number of nitrogens with zero attached hydrogens (tertiary/aromatic N) is 1. The molecule has 0 aromatic heterocycles. The second-order valence-electron chi connectivity index (χ2n) is 3.59. The van der Waals surface area contributed by atoms with Gasteiger partial charge in [-0.3, -0.25) is 10.3 Å². The van der Waals surface area contributed by atoms with E-state index in [-0.39, 0.29) is 0 Å². The van der Waals surface area contributed by atoms with Crippen molar-refractivity contribution in [2.75, 3.05) is 12.3 Å². The van der Waals surface area contributed by atoms with Gasteiger partial charge in [-0.1, -0.05) is 29.8 Å². The highest BCUT2D eigenvalue weighted by molar-refractivity contribution is 8.13. The van der Waals surface area contributed by atoms with Crippen LogP contribution in [0.4, 0.5) is 0 Å². The van der Waals surface area contributed by atoms with Crippen LogP contribution in [0.15, 0.2) is 24.3 Å². The van der Waals surface area contributed by atoms with Crippen molar-refractivity contribution in [1.29, 1.82) is 0 Å². The fraction of sp³-hybridized carbons (Fsp3) is 0.364. The van der Waals surface area contributed by atoms with Gasteiger partial charge in [-0.25, -0.2) is 0 Å². The minimum atomic E-state index is 0.944. The van der Waals surface area contributed by atoms with Crippen LogP contribution < -0.4 is 5.73 Å². The molecule has 1 aliphatic heterocycles. The number of hydrogen-bond acceptors (Lipinski definition) is 2. The highest BCUT2D eigenvalue weighted by Gasteiger charge is 2.17. The second-order valence-corrected chi connectivity index (χ2v) is 4.71. The van der Waals surface area contributed by atoms with E-state index in [0.29, 0.717) is 0 Å². The van der Waals surface area contributed by atoms with Gasteiger partial charge in [0.15, 0.2) is 0 Å². The van der Waals surface area contributed by atoms with Gasteiger partial charge in [0.2, 0.25) is 0 Å². The molecular weight excluding hydrogens is 192 g/mol. The quantitative estimate of drug-likeness (QED) is 0.746. The van der Waals surface area contributed by atoms with Crippen molar-refractivity contribution >= 4 is 16.9 Å². The summed E-state index contributed by atoms with van der Waals surface area (Å²) in [4.78, 5) is 0. The van der Waals surface area contributed by atoms with Crippen LogP contribution in [0.2, 0.25) is 0 Å². The Morgan fingerprint density at radius 1 is 1.36 bits per heavy atom.